The zero-order chi connectivity index (χ0) is 19.3. The van der Waals surface area contributed by atoms with Gasteiger partial charge in [0.1, 0.15) is 18.7 Å². The number of aliphatic imine (C=N–C) groups is 1. The van der Waals surface area contributed by atoms with E-state index in [-0.39, 0.29) is 12.3 Å². The molecule has 0 bridgehead atoms. The summed E-state index contributed by atoms with van der Waals surface area (Å²) in [7, 11) is -3.62. The van der Waals surface area contributed by atoms with Crippen LogP contribution in [0.15, 0.2) is 29.3 Å². The van der Waals surface area contributed by atoms with E-state index in [2.05, 4.69) is 4.99 Å². The van der Waals surface area contributed by atoms with Crippen molar-refractivity contribution < 1.29 is 27.1 Å². The summed E-state index contributed by atoms with van der Waals surface area (Å²) in [5.74, 6) is 0.296. The van der Waals surface area contributed by atoms with Gasteiger partial charge < -0.3 is 9.64 Å². The third-order valence-electron chi connectivity index (χ3n) is 3.66. The van der Waals surface area contributed by atoms with Gasteiger partial charge in [-0.1, -0.05) is 0 Å². The molecule has 1 fully saturated rings. The lowest BCUT2D eigenvalue weighted by molar-refractivity contribution is -0.384. The first-order valence-corrected chi connectivity index (χ1v) is 9.57. The molecule has 0 aromatic heterocycles. The van der Waals surface area contributed by atoms with E-state index in [9.17, 15) is 23.3 Å². The van der Waals surface area contributed by atoms with E-state index < -0.39 is 27.4 Å². The van der Waals surface area contributed by atoms with Gasteiger partial charge in [0.25, 0.3) is 15.8 Å². The number of nitro groups is 1. The predicted molar refractivity (Wildman–Crippen MR) is 92.0 cm³/mol. The largest absolute Gasteiger partial charge is 0.443 e. The minimum atomic E-state index is -3.62. The second-order valence-corrected chi connectivity index (χ2v) is 7.33. The van der Waals surface area contributed by atoms with Crippen LogP contribution in [0.25, 0.3) is 0 Å². The topological polar surface area (TPSA) is 128 Å². The lowest BCUT2D eigenvalue weighted by Gasteiger charge is -2.24. The maximum Gasteiger partial charge on any atom is 0.435 e. The van der Waals surface area contributed by atoms with Crippen LogP contribution in [0, 0.1) is 10.1 Å². The number of amidine groups is 1. The van der Waals surface area contributed by atoms with E-state index in [1.165, 1.54) is 24.3 Å². The highest BCUT2D eigenvalue weighted by atomic mass is 32.2. The number of nitrogens with zero attached hydrogens (tertiary/aromatic N) is 3. The van der Waals surface area contributed by atoms with Crippen molar-refractivity contribution in [3.63, 3.8) is 0 Å². The molecule has 1 atom stereocenters. The monoisotopic (exact) mass is 385 g/mol. The summed E-state index contributed by atoms with van der Waals surface area (Å²) in [5, 5.41) is 10.6. The Labute approximate surface area is 150 Å². The van der Waals surface area contributed by atoms with Crippen molar-refractivity contribution in [2.75, 3.05) is 12.8 Å². The van der Waals surface area contributed by atoms with Gasteiger partial charge in [0.05, 0.1) is 11.2 Å². The van der Waals surface area contributed by atoms with Crippen LogP contribution in [-0.4, -0.2) is 49.2 Å². The Morgan fingerprint density at radius 1 is 1.38 bits per heavy atom. The molecule has 26 heavy (non-hydrogen) atoms. The van der Waals surface area contributed by atoms with Crippen molar-refractivity contribution in [1.29, 1.82) is 0 Å². The number of hydrogen-bond acceptors (Lipinski definition) is 7. The summed E-state index contributed by atoms with van der Waals surface area (Å²) < 4.78 is 32.6. The molecule has 1 heterocycles. The molecule has 0 N–H and O–H groups in total. The van der Waals surface area contributed by atoms with Crippen molar-refractivity contribution in [2.24, 2.45) is 4.99 Å². The number of carbonyl (C=O) groups excluding carboxylic acids is 1. The summed E-state index contributed by atoms with van der Waals surface area (Å²) in [5.41, 5.74) is 0.524. The smallest absolute Gasteiger partial charge is 0.435 e. The third-order valence-corrected chi connectivity index (χ3v) is 4.23. The molecule has 1 amide bonds. The highest BCUT2D eigenvalue weighted by molar-refractivity contribution is 7.86. The summed E-state index contributed by atoms with van der Waals surface area (Å²) in [6.07, 6.45) is 0.666. The van der Waals surface area contributed by atoms with Gasteiger partial charge in [-0.15, -0.1) is 0 Å². The highest BCUT2D eigenvalue weighted by Gasteiger charge is 2.29. The Balaban J connectivity index is 1.93. The summed E-state index contributed by atoms with van der Waals surface area (Å²) in [4.78, 5) is 27.3. The molecule has 10 nitrogen and oxygen atoms in total. The normalized spacial score (nSPS) is 18.0. The van der Waals surface area contributed by atoms with Crippen molar-refractivity contribution >= 4 is 27.7 Å². The molecular weight excluding hydrogens is 366 g/mol. The molecule has 1 unspecified atom stereocenters. The molecule has 1 aliphatic heterocycles. The van der Waals surface area contributed by atoms with E-state index in [1.807, 2.05) is 0 Å². The van der Waals surface area contributed by atoms with Crippen LogP contribution < -0.4 is 0 Å². The first-order chi connectivity index (χ1) is 12.2. The van der Waals surface area contributed by atoms with Gasteiger partial charge in [0, 0.05) is 18.7 Å². The van der Waals surface area contributed by atoms with Crippen LogP contribution in [0.2, 0.25) is 0 Å². The maximum atomic E-state index is 11.8. The number of rotatable bonds is 5. The lowest BCUT2D eigenvalue weighted by atomic mass is 10.2. The number of non-ortho nitro benzene ring substituents is 1. The minimum Gasteiger partial charge on any atom is -0.443 e. The zero-order valence-corrected chi connectivity index (χ0v) is 15.1. The molecule has 1 aliphatic rings. The van der Waals surface area contributed by atoms with Crippen molar-refractivity contribution in [2.45, 2.75) is 32.6 Å². The predicted octanol–water partition coefficient (Wildman–Crippen LogP) is 2.05. The average Bonchev–Trinajstić information content (AvgIpc) is 2.99. The molecule has 1 aromatic carbocycles. The SMILES string of the molecule is CC(=NC(=O)OCc1ccc([N+](=O)[O-])cc1)N1CCCC1OS(C)(=O)=O. The molecule has 1 saturated heterocycles. The van der Waals surface area contributed by atoms with Crippen molar-refractivity contribution in [1.82, 2.24) is 4.90 Å². The van der Waals surface area contributed by atoms with E-state index in [0.29, 0.717) is 30.8 Å². The van der Waals surface area contributed by atoms with Crippen LogP contribution in [-0.2, 0) is 25.6 Å². The number of benzene rings is 1. The number of hydrogen-bond donors (Lipinski definition) is 0. The highest BCUT2D eigenvalue weighted by Crippen LogP contribution is 2.20. The Hall–Kier alpha value is -2.53. The van der Waals surface area contributed by atoms with Gasteiger partial charge in [-0.25, -0.2) is 8.98 Å². The third kappa shape index (κ3) is 5.77. The molecule has 0 radical (unpaired) electrons. The number of ether oxygens (including phenoxy) is 1. The molecule has 11 heteroatoms. The Morgan fingerprint density at radius 3 is 2.62 bits per heavy atom. The average molecular weight is 385 g/mol. The summed E-state index contributed by atoms with van der Waals surface area (Å²) in [6, 6.07) is 5.60. The second kappa shape index (κ2) is 8.23. The fourth-order valence-corrected chi connectivity index (χ4v) is 3.10. The lowest BCUT2D eigenvalue weighted by Crippen LogP contribution is -2.37. The van der Waals surface area contributed by atoms with E-state index >= 15 is 0 Å². The van der Waals surface area contributed by atoms with Crippen LogP contribution >= 0.6 is 0 Å². The fraction of sp³-hybridized carbons (Fsp3) is 0.467. The maximum absolute atomic E-state index is 11.8. The van der Waals surface area contributed by atoms with Crippen LogP contribution in [0.1, 0.15) is 25.3 Å². The molecule has 0 aliphatic carbocycles. The quantitative estimate of drug-likeness (QED) is 0.248. The molecule has 2 rings (SSSR count). The Morgan fingerprint density at radius 2 is 2.04 bits per heavy atom. The van der Waals surface area contributed by atoms with Gasteiger partial charge in [0.2, 0.25) is 0 Å². The minimum absolute atomic E-state index is 0.0557. The Bertz CT molecular complexity index is 805. The molecule has 1 aromatic rings. The van der Waals surface area contributed by atoms with Gasteiger partial charge in [-0.3, -0.25) is 10.1 Å². The number of likely N-dealkylation sites (tertiary alicyclic amines) is 1. The first-order valence-electron chi connectivity index (χ1n) is 7.76. The molecular formula is C15H19N3O7S. The first kappa shape index (κ1) is 19.8. The van der Waals surface area contributed by atoms with Gasteiger partial charge in [-0.05, 0) is 37.5 Å². The van der Waals surface area contributed by atoms with Crippen LogP contribution in [0.3, 0.4) is 0 Å². The fourth-order valence-electron chi connectivity index (χ4n) is 2.50. The van der Waals surface area contributed by atoms with Crippen molar-refractivity contribution in [3.8, 4) is 0 Å². The van der Waals surface area contributed by atoms with E-state index in [0.717, 1.165) is 6.26 Å². The van der Waals surface area contributed by atoms with Gasteiger partial charge >= 0.3 is 6.09 Å². The zero-order valence-electron chi connectivity index (χ0n) is 14.3. The van der Waals surface area contributed by atoms with E-state index in [4.69, 9.17) is 8.92 Å². The standard InChI is InChI=1S/C15H19N3O7S/c1-11(17-9-3-4-14(17)25-26(2,22)23)16-15(19)24-10-12-5-7-13(8-6-12)18(20)21/h5-8,14H,3-4,9-10H2,1-2H3. The van der Waals surface area contributed by atoms with Crippen LogP contribution in [0.4, 0.5) is 10.5 Å². The second-order valence-electron chi connectivity index (χ2n) is 5.73. The van der Waals surface area contributed by atoms with Crippen molar-refractivity contribution in [3.05, 3.63) is 39.9 Å². The van der Waals surface area contributed by atoms with Gasteiger partial charge in [0.15, 0.2) is 0 Å². The summed E-state index contributed by atoms with van der Waals surface area (Å²) in [6.45, 7) is 2.00. The Kier molecular flexibility index (Phi) is 6.27. The van der Waals surface area contributed by atoms with Gasteiger partial charge in [-0.2, -0.15) is 13.4 Å². The summed E-state index contributed by atoms with van der Waals surface area (Å²) >= 11 is 0. The molecule has 142 valence electrons. The van der Waals surface area contributed by atoms with E-state index in [1.54, 1.807) is 11.8 Å². The number of nitro benzene ring substituents is 1. The molecule has 0 saturated carbocycles. The number of carbonyl (C=O) groups is 1. The van der Waals surface area contributed by atoms with Crippen LogP contribution in [0.5, 0.6) is 0 Å². The number of amides is 1. The molecule has 0 spiro atoms.